The molecule has 24 heavy (non-hydrogen) atoms. The minimum absolute atomic E-state index is 0.0454. The Bertz CT molecular complexity index is 901. The first kappa shape index (κ1) is 15.3. The van der Waals surface area contributed by atoms with E-state index in [-0.39, 0.29) is 11.2 Å². The Morgan fingerprint density at radius 2 is 1.88 bits per heavy atom. The maximum Gasteiger partial charge on any atom is 0.235 e. The Labute approximate surface area is 145 Å². The van der Waals surface area contributed by atoms with E-state index in [1.165, 1.54) is 5.56 Å². The van der Waals surface area contributed by atoms with Gasteiger partial charge in [0.1, 0.15) is 0 Å². The average molecular weight is 337 g/mol. The lowest BCUT2D eigenvalue weighted by Crippen LogP contribution is -2.24. The van der Waals surface area contributed by atoms with Gasteiger partial charge in [-0.2, -0.15) is 0 Å². The highest BCUT2D eigenvalue weighted by Crippen LogP contribution is 2.34. The molecule has 0 N–H and O–H groups in total. The molecular formula is C19H19N3OS. The van der Waals surface area contributed by atoms with Gasteiger partial charge in [-0.1, -0.05) is 41.6 Å². The number of fused-ring (bicyclic) bond motifs is 1. The molecule has 0 bridgehead atoms. The van der Waals surface area contributed by atoms with E-state index >= 15 is 0 Å². The molecular weight excluding hydrogens is 318 g/mol. The number of rotatable bonds is 3. The highest BCUT2D eigenvalue weighted by atomic mass is 32.2. The number of amides is 1. The van der Waals surface area contributed by atoms with Crippen LogP contribution < -0.4 is 0 Å². The van der Waals surface area contributed by atoms with Crippen LogP contribution in [0.5, 0.6) is 0 Å². The van der Waals surface area contributed by atoms with Crippen LogP contribution in [0, 0.1) is 6.92 Å². The van der Waals surface area contributed by atoms with Crippen LogP contribution in [-0.4, -0.2) is 39.2 Å². The van der Waals surface area contributed by atoms with Crippen molar-refractivity contribution in [2.45, 2.75) is 23.8 Å². The zero-order chi connectivity index (χ0) is 16.7. The van der Waals surface area contributed by atoms with Gasteiger partial charge in [-0.25, -0.2) is 4.98 Å². The molecule has 0 radical (unpaired) electrons. The molecule has 1 aromatic heterocycles. The Kier molecular flexibility index (Phi) is 3.81. The van der Waals surface area contributed by atoms with Crippen LogP contribution in [0.25, 0.3) is 16.7 Å². The number of thioether (sulfide) groups is 1. The van der Waals surface area contributed by atoms with Gasteiger partial charge in [0.15, 0.2) is 5.16 Å². The predicted octanol–water partition coefficient (Wildman–Crippen LogP) is 3.66. The Hall–Kier alpha value is -2.27. The highest BCUT2D eigenvalue weighted by Gasteiger charge is 2.31. The molecule has 2 aromatic carbocycles. The van der Waals surface area contributed by atoms with E-state index in [0.717, 1.165) is 34.8 Å². The molecule has 0 aliphatic carbocycles. The lowest BCUT2D eigenvalue weighted by Gasteiger charge is -2.12. The number of carbonyl (C=O) groups is 1. The predicted molar refractivity (Wildman–Crippen MR) is 97.7 cm³/mol. The van der Waals surface area contributed by atoms with Crippen molar-refractivity contribution in [3.05, 3.63) is 54.1 Å². The van der Waals surface area contributed by atoms with Crippen molar-refractivity contribution < 1.29 is 4.79 Å². The van der Waals surface area contributed by atoms with E-state index in [1.807, 2.05) is 25.2 Å². The zero-order valence-corrected chi connectivity index (χ0v) is 14.6. The van der Waals surface area contributed by atoms with Crippen LogP contribution in [-0.2, 0) is 4.79 Å². The summed E-state index contributed by atoms with van der Waals surface area (Å²) in [6.45, 7) is 2.90. The van der Waals surface area contributed by atoms with E-state index in [9.17, 15) is 4.79 Å². The van der Waals surface area contributed by atoms with Crippen LogP contribution in [0.1, 0.15) is 12.0 Å². The first-order valence-electron chi connectivity index (χ1n) is 8.09. The van der Waals surface area contributed by atoms with Crippen molar-refractivity contribution >= 4 is 28.7 Å². The summed E-state index contributed by atoms with van der Waals surface area (Å²) in [7, 11) is 1.87. The number of likely N-dealkylation sites (tertiary alicyclic amines) is 1. The van der Waals surface area contributed by atoms with Gasteiger partial charge in [-0.05, 0) is 37.6 Å². The molecule has 1 aliphatic heterocycles. The maximum absolute atomic E-state index is 12.3. The second-order valence-corrected chi connectivity index (χ2v) is 7.38. The van der Waals surface area contributed by atoms with Gasteiger partial charge in [0.05, 0.1) is 16.3 Å². The van der Waals surface area contributed by atoms with Crippen molar-refractivity contribution in [1.29, 1.82) is 0 Å². The Balaban J connectivity index is 1.81. The van der Waals surface area contributed by atoms with Crippen LogP contribution in [0.4, 0.5) is 0 Å². The third-order valence-electron chi connectivity index (χ3n) is 4.45. The van der Waals surface area contributed by atoms with E-state index < -0.39 is 0 Å². The molecule has 5 heteroatoms. The largest absolute Gasteiger partial charge is 0.345 e. The minimum atomic E-state index is -0.0454. The highest BCUT2D eigenvalue weighted by molar-refractivity contribution is 8.00. The fourth-order valence-electron chi connectivity index (χ4n) is 3.05. The van der Waals surface area contributed by atoms with Crippen LogP contribution in [0.2, 0.25) is 0 Å². The molecule has 2 heterocycles. The average Bonchev–Trinajstić information content (AvgIpc) is 3.11. The number of hydrogen-bond donors (Lipinski definition) is 0. The summed E-state index contributed by atoms with van der Waals surface area (Å²) in [6.07, 6.45) is 0.872. The second kappa shape index (κ2) is 5.98. The van der Waals surface area contributed by atoms with Gasteiger partial charge in [0, 0.05) is 19.3 Å². The Morgan fingerprint density at radius 1 is 1.12 bits per heavy atom. The summed E-state index contributed by atoms with van der Waals surface area (Å²) in [4.78, 5) is 18.9. The summed E-state index contributed by atoms with van der Waals surface area (Å²) in [5.41, 5.74) is 4.34. The summed E-state index contributed by atoms with van der Waals surface area (Å²) in [5.74, 6) is 0.197. The maximum atomic E-state index is 12.3. The van der Waals surface area contributed by atoms with E-state index in [1.54, 1.807) is 16.7 Å². The lowest BCUT2D eigenvalue weighted by molar-refractivity contribution is -0.126. The standard InChI is InChI=1S/C19H19N3OS/c1-13-7-9-14(10-8-13)22-16-6-4-3-5-15(16)20-19(22)24-17-11-12-21(2)18(17)23/h3-10,17H,11-12H2,1-2H3. The van der Waals surface area contributed by atoms with E-state index in [4.69, 9.17) is 4.98 Å². The molecule has 1 fully saturated rings. The van der Waals surface area contributed by atoms with Gasteiger partial charge < -0.3 is 4.90 Å². The number of aromatic nitrogens is 2. The molecule has 1 unspecified atom stereocenters. The molecule has 4 rings (SSSR count). The number of carbonyl (C=O) groups excluding carboxylic acids is 1. The summed E-state index contributed by atoms with van der Waals surface area (Å²) < 4.78 is 2.16. The van der Waals surface area contributed by atoms with Crippen molar-refractivity contribution in [3.8, 4) is 5.69 Å². The summed E-state index contributed by atoms with van der Waals surface area (Å²) >= 11 is 1.58. The number of hydrogen-bond acceptors (Lipinski definition) is 3. The minimum Gasteiger partial charge on any atom is -0.345 e. The Morgan fingerprint density at radius 3 is 2.58 bits per heavy atom. The van der Waals surface area contributed by atoms with Crippen molar-refractivity contribution in [2.24, 2.45) is 0 Å². The molecule has 1 atom stereocenters. The fourth-order valence-corrected chi connectivity index (χ4v) is 4.27. The van der Waals surface area contributed by atoms with Gasteiger partial charge in [0.25, 0.3) is 0 Å². The molecule has 1 aliphatic rings. The van der Waals surface area contributed by atoms with Gasteiger partial charge in [-0.15, -0.1) is 0 Å². The van der Waals surface area contributed by atoms with Crippen LogP contribution in [0.15, 0.2) is 53.7 Å². The number of para-hydroxylation sites is 2. The number of imidazole rings is 1. The summed E-state index contributed by atoms with van der Waals surface area (Å²) in [5, 5.41) is 0.838. The van der Waals surface area contributed by atoms with E-state index in [2.05, 4.69) is 41.8 Å². The lowest BCUT2D eigenvalue weighted by atomic mass is 10.2. The fraction of sp³-hybridized carbons (Fsp3) is 0.263. The second-order valence-electron chi connectivity index (χ2n) is 6.21. The topological polar surface area (TPSA) is 38.1 Å². The molecule has 1 saturated heterocycles. The number of aryl methyl sites for hydroxylation is 1. The third kappa shape index (κ3) is 2.59. The van der Waals surface area contributed by atoms with Crippen molar-refractivity contribution in [3.63, 3.8) is 0 Å². The van der Waals surface area contributed by atoms with Crippen LogP contribution >= 0.6 is 11.8 Å². The normalized spacial score (nSPS) is 17.8. The number of nitrogens with zero attached hydrogens (tertiary/aromatic N) is 3. The van der Waals surface area contributed by atoms with Crippen LogP contribution in [0.3, 0.4) is 0 Å². The summed E-state index contributed by atoms with van der Waals surface area (Å²) in [6, 6.07) is 16.5. The zero-order valence-electron chi connectivity index (χ0n) is 13.8. The molecule has 0 spiro atoms. The van der Waals surface area contributed by atoms with E-state index in [0.29, 0.717) is 0 Å². The van der Waals surface area contributed by atoms with Gasteiger partial charge >= 0.3 is 0 Å². The SMILES string of the molecule is Cc1ccc(-n2c(SC3CCN(C)C3=O)nc3ccccc32)cc1. The smallest absolute Gasteiger partial charge is 0.235 e. The molecule has 0 saturated carbocycles. The molecule has 4 nitrogen and oxygen atoms in total. The van der Waals surface area contributed by atoms with Crippen molar-refractivity contribution in [2.75, 3.05) is 13.6 Å². The van der Waals surface area contributed by atoms with Crippen molar-refractivity contribution in [1.82, 2.24) is 14.5 Å². The first-order valence-corrected chi connectivity index (χ1v) is 8.97. The van der Waals surface area contributed by atoms with Gasteiger partial charge in [0.2, 0.25) is 5.91 Å². The third-order valence-corrected chi connectivity index (χ3v) is 5.65. The quantitative estimate of drug-likeness (QED) is 0.732. The van der Waals surface area contributed by atoms with Gasteiger partial charge in [-0.3, -0.25) is 9.36 Å². The number of benzene rings is 2. The monoisotopic (exact) mass is 337 g/mol. The molecule has 1 amide bonds. The first-order chi connectivity index (χ1) is 11.6. The molecule has 122 valence electrons. The molecule has 3 aromatic rings.